The number of ether oxygens (including phenoxy) is 4. The molecule has 0 saturated heterocycles. The van der Waals surface area contributed by atoms with Gasteiger partial charge in [-0.05, 0) is 137 Å². The van der Waals surface area contributed by atoms with Crippen molar-refractivity contribution in [3.63, 3.8) is 0 Å². The summed E-state index contributed by atoms with van der Waals surface area (Å²) in [5, 5.41) is 23.2. The number of rotatable bonds is 26. The molecule has 5 N–H and O–H groups in total. The van der Waals surface area contributed by atoms with E-state index in [1.54, 1.807) is 82.6 Å². The molecule has 3 aliphatic heterocycles. The van der Waals surface area contributed by atoms with Crippen LogP contribution in [0.1, 0.15) is 110 Å². The molecule has 3 aliphatic rings. The monoisotopic (exact) mass is 1140 g/mol. The summed E-state index contributed by atoms with van der Waals surface area (Å²) < 4.78 is 22.1. The Morgan fingerprint density at radius 3 is 2.14 bits per heavy atom. The fourth-order valence-corrected chi connectivity index (χ4v) is 9.55. The number of imide groups is 1. The lowest BCUT2D eigenvalue weighted by atomic mass is 10.0. The van der Waals surface area contributed by atoms with Crippen molar-refractivity contribution in [2.45, 2.75) is 129 Å². The second-order valence-corrected chi connectivity index (χ2v) is 21.6. The van der Waals surface area contributed by atoms with E-state index < -0.39 is 71.7 Å². The van der Waals surface area contributed by atoms with Gasteiger partial charge in [0.25, 0.3) is 17.7 Å². The molecular weight excluding hydrogens is 1070 g/mol. The van der Waals surface area contributed by atoms with Crippen LogP contribution < -0.4 is 30.9 Å². The predicted octanol–water partition coefficient (Wildman–Crippen LogP) is 6.96. The highest BCUT2D eigenvalue weighted by Crippen LogP contribution is 2.40. The van der Waals surface area contributed by atoms with E-state index in [4.69, 9.17) is 18.9 Å². The van der Waals surface area contributed by atoms with Gasteiger partial charge in [0.15, 0.2) is 6.23 Å². The summed E-state index contributed by atoms with van der Waals surface area (Å²) in [6, 6.07) is 23.2. The van der Waals surface area contributed by atoms with Crippen LogP contribution in [-0.2, 0) is 56.0 Å². The SMILES string of the molecule is COc1ccc(C2=CN3C(=O)c4cc(C)c(C)cc4N(C(=O)OCc4ccc(NC(=O)[C@H](CCCCNC(=O)OC(C)(C)C)NC(=O)[C@H](Cc5ccccc5)NC(=O)CCOCCCC(=O)CCN5C(=O)C=CC5=O)cc4)[C@@H](O)[C@@H]3C2)cc1. The zero-order valence-corrected chi connectivity index (χ0v) is 47.7. The Bertz CT molecular complexity index is 3070. The number of carbonyl (C=O) groups is 9. The molecule has 3 heterocycles. The Hall–Kier alpha value is -8.69. The third-order valence-corrected chi connectivity index (χ3v) is 14.2. The highest BCUT2D eigenvalue weighted by molar-refractivity contribution is 6.13. The second-order valence-electron chi connectivity index (χ2n) is 21.6. The van der Waals surface area contributed by atoms with Gasteiger partial charge in [0.1, 0.15) is 35.8 Å². The number of fused-ring (bicyclic) bond motifs is 2. The molecule has 21 heteroatoms. The minimum Gasteiger partial charge on any atom is -0.497 e. The summed E-state index contributed by atoms with van der Waals surface area (Å²) in [5.74, 6) is -2.44. The van der Waals surface area contributed by atoms with Gasteiger partial charge in [-0.15, -0.1) is 0 Å². The molecule has 8 amide bonds. The van der Waals surface area contributed by atoms with Crippen LogP contribution in [0, 0.1) is 13.8 Å². The molecule has 440 valence electrons. The standard InChI is InChI=1S/C62H73N7O14/c1-39-33-48-51(34-40(39)2)69(59(77)52-36-44(37-68(52)58(48)76)43-19-23-47(80-6)24-20-43)61(79)82-38-42-17-21-45(22-18-42)64-56(74)49(16-10-11-29-63-60(78)83-62(3,4)5)66-57(75)50(35-41-13-8-7-9-14-41)65-53(71)28-32-81-31-12-15-46(70)27-30-67-54(72)25-26-55(67)73/h7-9,13-14,17-26,33-34,37,49-50,52,59,77H,10-12,15-16,27-32,35-36,38H2,1-6H3,(H,63,78)(H,64,74)(H,65,71)(H,66,75)/t49-,50-,52-,59-/m0/s1. The quantitative estimate of drug-likeness (QED) is 0.0314. The summed E-state index contributed by atoms with van der Waals surface area (Å²) >= 11 is 0. The van der Waals surface area contributed by atoms with Crippen LogP contribution in [0.25, 0.3) is 5.57 Å². The van der Waals surface area contributed by atoms with Gasteiger partial charge < -0.3 is 50.2 Å². The minimum atomic E-state index is -1.49. The smallest absolute Gasteiger partial charge is 0.416 e. The van der Waals surface area contributed by atoms with E-state index in [9.17, 15) is 48.3 Å². The maximum Gasteiger partial charge on any atom is 0.416 e. The summed E-state index contributed by atoms with van der Waals surface area (Å²) in [6.07, 6.45) is 2.81. The number of aliphatic hydroxyl groups is 1. The van der Waals surface area contributed by atoms with Gasteiger partial charge >= 0.3 is 12.2 Å². The number of aliphatic hydroxyl groups excluding tert-OH is 1. The van der Waals surface area contributed by atoms with E-state index >= 15 is 0 Å². The Morgan fingerprint density at radius 1 is 0.759 bits per heavy atom. The number of benzene rings is 4. The third-order valence-electron chi connectivity index (χ3n) is 14.2. The molecule has 0 fully saturated rings. The number of methoxy groups -OCH3 is 1. The number of alkyl carbamates (subject to hydrolysis) is 1. The van der Waals surface area contributed by atoms with Crippen LogP contribution in [0.4, 0.5) is 21.0 Å². The molecule has 21 nitrogen and oxygen atoms in total. The van der Waals surface area contributed by atoms with Crippen molar-refractivity contribution in [2.24, 2.45) is 0 Å². The molecule has 83 heavy (non-hydrogen) atoms. The number of nitrogens with zero attached hydrogens (tertiary/aromatic N) is 3. The lowest BCUT2D eigenvalue weighted by molar-refractivity contribution is -0.137. The molecule has 4 atom stereocenters. The van der Waals surface area contributed by atoms with Crippen LogP contribution >= 0.6 is 0 Å². The van der Waals surface area contributed by atoms with Gasteiger partial charge in [0.2, 0.25) is 17.7 Å². The number of Topliss-reactive ketones (excluding diaryl/α,β-unsaturated/α-hetero) is 1. The van der Waals surface area contributed by atoms with E-state index in [0.717, 1.165) is 49.8 Å². The number of hydrogen-bond donors (Lipinski definition) is 5. The largest absolute Gasteiger partial charge is 0.497 e. The van der Waals surface area contributed by atoms with Crippen LogP contribution in [0.3, 0.4) is 0 Å². The average molecular weight is 1140 g/mol. The van der Waals surface area contributed by atoms with Crippen molar-refractivity contribution in [2.75, 3.05) is 43.6 Å². The van der Waals surface area contributed by atoms with Crippen LogP contribution in [-0.4, -0.2) is 132 Å². The normalized spacial score (nSPS) is 16.3. The molecule has 0 spiro atoms. The van der Waals surface area contributed by atoms with Crippen molar-refractivity contribution in [1.29, 1.82) is 0 Å². The molecular formula is C62H73N7O14. The predicted molar refractivity (Wildman–Crippen MR) is 307 cm³/mol. The molecule has 0 radical (unpaired) electrons. The number of unbranched alkanes of at least 4 members (excludes halogenated alkanes) is 1. The number of aryl methyl sites for hydroxylation is 2. The van der Waals surface area contributed by atoms with Crippen molar-refractivity contribution in [3.05, 3.63) is 143 Å². The van der Waals surface area contributed by atoms with E-state index in [1.165, 1.54) is 4.90 Å². The number of nitrogens with one attached hydrogen (secondary N) is 4. The topological polar surface area (TPSA) is 269 Å². The Morgan fingerprint density at radius 2 is 1.46 bits per heavy atom. The van der Waals surface area contributed by atoms with E-state index in [0.29, 0.717) is 36.3 Å². The summed E-state index contributed by atoms with van der Waals surface area (Å²) in [4.78, 5) is 122. The summed E-state index contributed by atoms with van der Waals surface area (Å²) in [6.45, 7) is 9.12. The number of ketones is 1. The van der Waals surface area contributed by atoms with Crippen molar-refractivity contribution in [1.82, 2.24) is 25.8 Å². The van der Waals surface area contributed by atoms with Crippen LogP contribution in [0.15, 0.2) is 109 Å². The summed E-state index contributed by atoms with van der Waals surface area (Å²) in [7, 11) is 1.57. The van der Waals surface area contributed by atoms with Gasteiger partial charge in [-0.2, -0.15) is 0 Å². The number of amides is 8. The average Bonchev–Trinajstić information content (AvgIpc) is 4.23. The van der Waals surface area contributed by atoms with Crippen LogP contribution in [0.5, 0.6) is 5.75 Å². The number of carbonyl (C=O) groups excluding carboxylic acids is 9. The molecule has 0 bridgehead atoms. The Labute approximate surface area is 482 Å². The first-order chi connectivity index (χ1) is 39.7. The second kappa shape index (κ2) is 28.8. The molecule has 0 aliphatic carbocycles. The zero-order chi connectivity index (χ0) is 59.8. The van der Waals surface area contributed by atoms with E-state index in [2.05, 4.69) is 21.3 Å². The summed E-state index contributed by atoms with van der Waals surface area (Å²) in [5.41, 5.74) is 4.62. The van der Waals surface area contributed by atoms with Gasteiger partial charge in [0.05, 0.1) is 31.0 Å². The maximum absolute atomic E-state index is 14.2. The highest BCUT2D eigenvalue weighted by Gasteiger charge is 2.45. The van der Waals surface area contributed by atoms with Crippen molar-refractivity contribution in [3.8, 4) is 5.75 Å². The highest BCUT2D eigenvalue weighted by atomic mass is 16.6. The van der Waals surface area contributed by atoms with E-state index in [-0.39, 0.29) is 94.4 Å². The molecule has 0 aromatic heterocycles. The Kier molecular flexibility index (Phi) is 21.5. The third kappa shape index (κ3) is 17.4. The van der Waals surface area contributed by atoms with Crippen molar-refractivity contribution >= 4 is 70.4 Å². The van der Waals surface area contributed by atoms with Gasteiger partial charge in [-0.3, -0.25) is 38.5 Å². The minimum absolute atomic E-state index is 0.00110. The molecule has 0 saturated carbocycles. The first kappa shape index (κ1) is 61.9. The lowest BCUT2D eigenvalue weighted by Crippen LogP contribution is -2.53. The van der Waals surface area contributed by atoms with Gasteiger partial charge in [0, 0.05) is 69.4 Å². The van der Waals surface area contributed by atoms with Crippen LogP contribution in [0.2, 0.25) is 0 Å². The van der Waals surface area contributed by atoms with E-state index in [1.807, 2.05) is 56.3 Å². The molecule has 0 unspecified atom stereocenters. The Balaban J connectivity index is 0.973. The molecule has 4 aromatic rings. The number of anilines is 2. The fourth-order valence-electron chi connectivity index (χ4n) is 9.55. The first-order valence-electron chi connectivity index (χ1n) is 27.7. The number of hydrogen-bond acceptors (Lipinski definition) is 14. The zero-order valence-electron chi connectivity index (χ0n) is 47.7. The lowest BCUT2D eigenvalue weighted by Gasteiger charge is -2.31. The maximum atomic E-state index is 14.2. The molecule has 4 aromatic carbocycles. The first-order valence-corrected chi connectivity index (χ1v) is 27.7. The fraction of sp³-hybridized carbons (Fsp3) is 0.403. The van der Waals surface area contributed by atoms with Gasteiger partial charge in [-0.25, -0.2) is 14.5 Å². The van der Waals surface area contributed by atoms with Gasteiger partial charge in [-0.1, -0.05) is 54.6 Å². The molecule has 7 rings (SSSR count). The van der Waals surface area contributed by atoms with Crippen molar-refractivity contribution < 1.29 is 67.2 Å².